The number of ether oxygens (including phenoxy) is 3. The van der Waals surface area contributed by atoms with E-state index in [1.165, 1.54) is 6.92 Å². The van der Waals surface area contributed by atoms with Crippen molar-refractivity contribution >= 4 is 17.9 Å². The minimum absolute atomic E-state index is 0.411. The number of nitrogens with one attached hydrogen (secondary N) is 1. The van der Waals surface area contributed by atoms with E-state index in [1.807, 2.05) is 24.3 Å². The van der Waals surface area contributed by atoms with Crippen LogP contribution in [-0.4, -0.2) is 26.4 Å². The Kier molecular flexibility index (Phi) is 6.22. The number of nitrogens with two attached hydrogens (primary N) is 1. The first-order chi connectivity index (χ1) is 12.0. The van der Waals surface area contributed by atoms with Crippen molar-refractivity contribution in [2.45, 2.75) is 13.2 Å². The van der Waals surface area contributed by atoms with Crippen LogP contribution in [0.5, 0.6) is 11.5 Å². The van der Waals surface area contributed by atoms with Gasteiger partial charge in [-0.25, -0.2) is 0 Å². The van der Waals surface area contributed by atoms with Crippen LogP contribution < -0.4 is 20.6 Å². The first-order valence-corrected chi connectivity index (χ1v) is 7.55. The summed E-state index contributed by atoms with van der Waals surface area (Å²) in [5.41, 5.74) is 2.32. The van der Waals surface area contributed by atoms with Crippen LogP contribution in [0.4, 0.5) is 5.69 Å². The molecule has 1 unspecified atom stereocenters. The molecule has 2 rings (SSSR count). The minimum Gasteiger partial charge on any atom is -0.497 e. The number of anilines is 1. The molecule has 7 heteroatoms. The minimum atomic E-state index is -0.699. The van der Waals surface area contributed by atoms with Gasteiger partial charge < -0.3 is 25.4 Å². The van der Waals surface area contributed by atoms with Gasteiger partial charge in [-0.2, -0.15) is 5.10 Å². The van der Waals surface area contributed by atoms with Crippen LogP contribution in [0.1, 0.15) is 24.3 Å². The summed E-state index contributed by atoms with van der Waals surface area (Å²) in [4.78, 5) is 11.5. The molecular weight excluding hydrogens is 322 g/mol. The van der Waals surface area contributed by atoms with Gasteiger partial charge >= 0.3 is 5.97 Å². The van der Waals surface area contributed by atoms with Crippen molar-refractivity contribution < 1.29 is 19.0 Å². The Morgan fingerprint density at radius 3 is 2.20 bits per heavy atom. The lowest BCUT2D eigenvalue weighted by Crippen LogP contribution is -2.17. The number of carbonyl (C=O) groups is 1. The summed E-state index contributed by atoms with van der Waals surface area (Å²) in [7, 11) is 3.12. The second kappa shape index (κ2) is 8.58. The van der Waals surface area contributed by atoms with E-state index in [0.717, 1.165) is 11.3 Å². The van der Waals surface area contributed by atoms with Crippen molar-refractivity contribution in [3.63, 3.8) is 0 Å². The average Bonchev–Trinajstić information content (AvgIpc) is 2.62. The summed E-state index contributed by atoms with van der Waals surface area (Å²) in [5, 5.41) is 6.65. The number of benzene rings is 2. The lowest BCUT2D eigenvalue weighted by atomic mass is 10.1. The Balaban J connectivity index is 2.31. The molecule has 0 spiro atoms. The fourth-order valence-electron chi connectivity index (χ4n) is 2.23. The molecule has 0 aliphatic heterocycles. The Bertz CT molecular complexity index is 722. The monoisotopic (exact) mass is 343 g/mol. The number of carbonyl (C=O) groups excluding carboxylic acids is 1. The average molecular weight is 343 g/mol. The zero-order valence-electron chi connectivity index (χ0n) is 14.4. The van der Waals surface area contributed by atoms with Crippen molar-refractivity contribution in [3.8, 4) is 11.5 Å². The van der Waals surface area contributed by atoms with E-state index in [1.54, 1.807) is 38.6 Å². The highest BCUT2D eigenvalue weighted by molar-refractivity contribution is 5.80. The predicted octanol–water partition coefficient (Wildman–Crippen LogP) is 2.67. The molecule has 3 N–H and O–H groups in total. The lowest BCUT2D eigenvalue weighted by Gasteiger charge is -2.21. The van der Waals surface area contributed by atoms with Crippen molar-refractivity contribution in [2.24, 2.45) is 10.9 Å². The van der Waals surface area contributed by atoms with Gasteiger partial charge in [0.2, 0.25) is 0 Å². The molecule has 0 fully saturated rings. The molecule has 0 saturated heterocycles. The van der Waals surface area contributed by atoms with Gasteiger partial charge in [0.15, 0.2) is 6.23 Å². The van der Waals surface area contributed by atoms with E-state index in [2.05, 4.69) is 10.4 Å². The fourth-order valence-corrected chi connectivity index (χ4v) is 2.23. The zero-order valence-corrected chi connectivity index (χ0v) is 14.4. The highest BCUT2D eigenvalue weighted by Crippen LogP contribution is 2.29. The summed E-state index contributed by atoms with van der Waals surface area (Å²) < 4.78 is 16.0. The summed E-state index contributed by atoms with van der Waals surface area (Å²) in [6, 6.07) is 12.7. The van der Waals surface area contributed by atoms with E-state index < -0.39 is 12.2 Å². The number of rotatable bonds is 7. The maximum atomic E-state index is 11.5. The maximum absolute atomic E-state index is 11.5. The molecule has 132 valence electrons. The number of methoxy groups -OCH3 is 2. The van der Waals surface area contributed by atoms with E-state index in [9.17, 15) is 4.79 Å². The van der Waals surface area contributed by atoms with Gasteiger partial charge in [-0.05, 0) is 29.8 Å². The smallest absolute Gasteiger partial charge is 0.304 e. The quantitative estimate of drug-likeness (QED) is 0.264. The third-order valence-electron chi connectivity index (χ3n) is 3.39. The van der Waals surface area contributed by atoms with Crippen LogP contribution in [0.25, 0.3) is 0 Å². The zero-order chi connectivity index (χ0) is 18.2. The van der Waals surface area contributed by atoms with Crippen molar-refractivity contribution in [1.82, 2.24) is 0 Å². The molecule has 0 amide bonds. The SMILES string of the molecule is COc1cc(OC)cc(C(Nc2ccc(C=NN)cc2)OC(C)=O)c1. The van der Waals surface area contributed by atoms with Gasteiger partial charge in [0, 0.05) is 24.2 Å². The molecule has 0 aliphatic carbocycles. The highest BCUT2D eigenvalue weighted by atomic mass is 16.6. The Morgan fingerprint density at radius 1 is 1.12 bits per heavy atom. The first-order valence-electron chi connectivity index (χ1n) is 7.55. The summed E-state index contributed by atoms with van der Waals surface area (Å²) >= 11 is 0. The van der Waals surface area contributed by atoms with Gasteiger partial charge in [-0.1, -0.05) is 12.1 Å². The standard InChI is InChI=1S/C18H21N3O4/c1-12(22)25-18(14-8-16(23-2)10-17(9-14)24-3)21-15-6-4-13(5-7-15)11-20-19/h4-11,18,21H,19H2,1-3H3. The number of hydrazone groups is 1. The van der Waals surface area contributed by atoms with Crippen LogP contribution >= 0.6 is 0 Å². The molecule has 0 aromatic heterocycles. The highest BCUT2D eigenvalue weighted by Gasteiger charge is 2.17. The van der Waals surface area contributed by atoms with Crippen LogP contribution in [0.2, 0.25) is 0 Å². The number of esters is 1. The molecule has 7 nitrogen and oxygen atoms in total. The van der Waals surface area contributed by atoms with Gasteiger partial charge in [-0.3, -0.25) is 4.79 Å². The third-order valence-corrected chi connectivity index (χ3v) is 3.39. The third kappa shape index (κ3) is 5.13. The molecule has 0 heterocycles. The lowest BCUT2D eigenvalue weighted by molar-refractivity contribution is -0.145. The van der Waals surface area contributed by atoms with E-state index in [4.69, 9.17) is 20.1 Å². The predicted molar refractivity (Wildman–Crippen MR) is 95.9 cm³/mol. The molecule has 2 aromatic carbocycles. The summed E-state index contributed by atoms with van der Waals surface area (Å²) in [6.45, 7) is 1.35. The summed E-state index contributed by atoms with van der Waals surface area (Å²) in [6.07, 6.45) is 0.843. The van der Waals surface area contributed by atoms with Gasteiger partial charge in [0.1, 0.15) is 11.5 Å². The summed E-state index contributed by atoms with van der Waals surface area (Å²) in [5.74, 6) is 5.93. The molecule has 0 radical (unpaired) electrons. The van der Waals surface area contributed by atoms with E-state index in [-0.39, 0.29) is 0 Å². The maximum Gasteiger partial charge on any atom is 0.304 e. The van der Waals surface area contributed by atoms with Gasteiger partial charge in [0.05, 0.1) is 20.4 Å². The fraction of sp³-hybridized carbons (Fsp3) is 0.222. The van der Waals surface area contributed by atoms with Crippen molar-refractivity contribution in [1.29, 1.82) is 0 Å². The molecule has 0 saturated carbocycles. The van der Waals surface area contributed by atoms with Crippen LogP contribution in [0.3, 0.4) is 0 Å². The Labute approximate surface area is 146 Å². The first kappa shape index (κ1) is 18.1. The van der Waals surface area contributed by atoms with Crippen molar-refractivity contribution in [3.05, 3.63) is 53.6 Å². The Hall–Kier alpha value is -3.22. The topological polar surface area (TPSA) is 95.2 Å². The van der Waals surface area contributed by atoms with Gasteiger partial charge in [0.25, 0.3) is 0 Å². The molecule has 25 heavy (non-hydrogen) atoms. The van der Waals surface area contributed by atoms with Crippen LogP contribution in [-0.2, 0) is 9.53 Å². The van der Waals surface area contributed by atoms with E-state index in [0.29, 0.717) is 17.1 Å². The van der Waals surface area contributed by atoms with Gasteiger partial charge in [-0.15, -0.1) is 0 Å². The van der Waals surface area contributed by atoms with Crippen LogP contribution in [0, 0.1) is 0 Å². The number of nitrogens with zero attached hydrogens (tertiary/aromatic N) is 1. The van der Waals surface area contributed by atoms with Crippen LogP contribution in [0.15, 0.2) is 47.6 Å². The molecule has 2 aromatic rings. The second-order valence-corrected chi connectivity index (χ2v) is 5.18. The van der Waals surface area contributed by atoms with Crippen molar-refractivity contribution in [2.75, 3.05) is 19.5 Å². The Morgan fingerprint density at radius 2 is 1.72 bits per heavy atom. The second-order valence-electron chi connectivity index (χ2n) is 5.18. The molecule has 0 bridgehead atoms. The van der Waals surface area contributed by atoms with E-state index >= 15 is 0 Å². The molecule has 1 atom stereocenters. The molecular formula is C18H21N3O4. The normalized spacial score (nSPS) is 11.8. The number of hydrogen-bond acceptors (Lipinski definition) is 7. The largest absolute Gasteiger partial charge is 0.497 e. The number of hydrogen-bond donors (Lipinski definition) is 2. The molecule has 0 aliphatic rings.